The number of nitrogens with zero attached hydrogens (tertiary/aromatic N) is 4. The Kier molecular flexibility index (Phi) is 13.3. The van der Waals surface area contributed by atoms with Crippen molar-refractivity contribution in [2.45, 2.75) is 44.9 Å². The van der Waals surface area contributed by atoms with Crippen LogP contribution in [0.5, 0.6) is 0 Å². The minimum atomic E-state index is -1.28. The summed E-state index contributed by atoms with van der Waals surface area (Å²) in [4.78, 5) is 44.2. The van der Waals surface area contributed by atoms with Gasteiger partial charge in [-0.15, -0.1) is 0 Å². The summed E-state index contributed by atoms with van der Waals surface area (Å²) in [6.45, 7) is 2.86. The summed E-state index contributed by atoms with van der Waals surface area (Å²) in [6, 6.07) is 21.2. The highest BCUT2D eigenvalue weighted by Gasteiger charge is 2.28. The van der Waals surface area contributed by atoms with Crippen LogP contribution in [-0.4, -0.2) is 76.2 Å². The predicted octanol–water partition coefficient (Wildman–Crippen LogP) is 6.10. The van der Waals surface area contributed by atoms with Gasteiger partial charge in [-0.3, -0.25) is 19.2 Å². The van der Waals surface area contributed by atoms with Crippen molar-refractivity contribution in [2.75, 3.05) is 38.0 Å². The smallest absolute Gasteiger partial charge is 0.319 e. The van der Waals surface area contributed by atoms with E-state index in [0.29, 0.717) is 27.8 Å². The molecule has 0 saturated carbocycles. The van der Waals surface area contributed by atoms with E-state index in [1.165, 1.54) is 11.0 Å². The van der Waals surface area contributed by atoms with Crippen LogP contribution in [0, 0.1) is 11.6 Å². The minimum absolute atomic E-state index is 0.00499. The molecular formula is C40H42Cl2F2N8O3. The fourth-order valence-electron chi connectivity index (χ4n) is 6.64. The van der Waals surface area contributed by atoms with Crippen molar-refractivity contribution in [1.29, 1.82) is 0 Å². The molecule has 0 spiro atoms. The number of likely N-dealkylation sites (tertiary alicyclic amines) is 1. The molecule has 1 saturated heterocycles. The summed E-state index contributed by atoms with van der Waals surface area (Å²) in [6.07, 6.45) is 2.06. The number of rotatable bonds is 15. The number of urea groups is 1. The number of aromatic nitrogens is 2. The highest BCUT2D eigenvalue weighted by Crippen LogP contribution is 2.29. The molecule has 1 atom stereocenters. The number of anilines is 1. The van der Waals surface area contributed by atoms with E-state index < -0.39 is 35.5 Å². The Morgan fingerprint density at radius 1 is 0.873 bits per heavy atom. The lowest BCUT2D eigenvalue weighted by Crippen LogP contribution is -2.53. The summed E-state index contributed by atoms with van der Waals surface area (Å²) in [5.74, 6) is -3.21. The van der Waals surface area contributed by atoms with E-state index in [9.17, 15) is 23.2 Å². The Morgan fingerprint density at radius 2 is 1.62 bits per heavy atom. The number of amides is 4. The van der Waals surface area contributed by atoms with Crippen LogP contribution in [0.15, 0.2) is 84.9 Å². The van der Waals surface area contributed by atoms with Crippen molar-refractivity contribution >= 4 is 57.6 Å². The Balaban J connectivity index is 1.23. The second-order valence-corrected chi connectivity index (χ2v) is 14.2. The lowest BCUT2D eigenvalue weighted by Gasteiger charge is -2.27. The highest BCUT2D eigenvalue weighted by atomic mass is 35.5. The first-order valence-corrected chi connectivity index (χ1v) is 18.8. The molecule has 1 fully saturated rings. The van der Waals surface area contributed by atoms with Crippen molar-refractivity contribution in [3.05, 3.63) is 129 Å². The second kappa shape index (κ2) is 18.5. The number of benzene rings is 4. The fourth-order valence-corrected chi connectivity index (χ4v) is 7.16. The van der Waals surface area contributed by atoms with Crippen molar-refractivity contribution in [3.63, 3.8) is 0 Å². The standard InChI is InChI=1S/C40H42Cl2F2N8O3/c41-31-9-6-10-32(42)30(31)23-52-37-21-28(12-13-29(37)36(49-52)24-50-16-4-5-17-50)47-40(55)48-35(20-27-11-14-33(43)34(44)19-27)39(54)51(18-15-45)25-38(53)46-22-26-7-2-1-3-8-26/h1-3,6-14,19,21,35H,4-5,15-18,20,22-25,45H2,(H,46,53)(H2,47,48,55)/t35-/m0/s1. The summed E-state index contributed by atoms with van der Waals surface area (Å²) in [5, 5.41) is 15.1. The molecule has 11 nitrogen and oxygen atoms in total. The van der Waals surface area contributed by atoms with Crippen LogP contribution in [0.3, 0.4) is 0 Å². The maximum absolute atomic E-state index is 14.3. The Bertz CT molecular complexity index is 2130. The molecule has 0 aliphatic carbocycles. The largest absolute Gasteiger partial charge is 0.350 e. The van der Waals surface area contributed by atoms with Crippen molar-refractivity contribution < 1.29 is 23.2 Å². The average Bonchev–Trinajstić information content (AvgIpc) is 3.81. The Hall–Kier alpha value is -5.08. The zero-order valence-electron chi connectivity index (χ0n) is 30.0. The zero-order chi connectivity index (χ0) is 38.9. The molecule has 55 heavy (non-hydrogen) atoms. The molecule has 0 radical (unpaired) electrons. The van der Waals surface area contributed by atoms with Gasteiger partial charge in [-0.2, -0.15) is 5.10 Å². The molecule has 15 heteroatoms. The molecule has 1 aliphatic heterocycles. The number of carbonyl (C=O) groups is 3. The van der Waals surface area contributed by atoms with Gasteiger partial charge in [-0.1, -0.05) is 65.7 Å². The molecule has 4 amide bonds. The number of nitrogens with one attached hydrogen (secondary N) is 3. The summed E-state index contributed by atoms with van der Waals surface area (Å²) < 4.78 is 29.9. The van der Waals surface area contributed by atoms with E-state index in [2.05, 4.69) is 20.9 Å². The van der Waals surface area contributed by atoms with E-state index in [1.54, 1.807) is 35.0 Å². The molecule has 6 rings (SSSR count). The van der Waals surface area contributed by atoms with Crippen LogP contribution < -0.4 is 21.7 Å². The average molecular weight is 792 g/mol. The van der Waals surface area contributed by atoms with E-state index in [0.717, 1.165) is 60.2 Å². The molecule has 1 aliphatic rings. The molecule has 0 bridgehead atoms. The molecule has 5 aromatic rings. The van der Waals surface area contributed by atoms with E-state index >= 15 is 0 Å². The first kappa shape index (κ1) is 39.6. The topological polar surface area (TPSA) is 138 Å². The minimum Gasteiger partial charge on any atom is -0.350 e. The van der Waals surface area contributed by atoms with Crippen LogP contribution in [0.2, 0.25) is 10.0 Å². The van der Waals surface area contributed by atoms with Crippen molar-refractivity contribution in [1.82, 2.24) is 30.2 Å². The van der Waals surface area contributed by atoms with E-state index in [1.807, 2.05) is 36.4 Å². The second-order valence-electron chi connectivity index (χ2n) is 13.4. The fraction of sp³-hybridized carbons (Fsp3) is 0.300. The number of carbonyl (C=O) groups excluding carboxylic acids is 3. The van der Waals surface area contributed by atoms with Crippen LogP contribution in [0.4, 0.5) is 19.3 Å². The predicted molar refractivity (Wildman–Crippen MR) is 210 cm³/mol. The quantitative estimate of drug-likeness (QED) is 0.101. The third kappa shape index (κ3) is 10.4. The van der Waals surface area contributed by atoms with Gasteiger partial charge in [0, 0.05) is 59.3 Å². The Morgan fingerprint density at radius 3 is 2.33 bits per heavy atom. The number of hydrogen-bond acceptors (Lipinski definition) is 6. The monoisotopic (exact) mass is 790 g/mol. The van der Waals surface area contributed by atoms with Gasteiger partial charge < -0.3 is 26.6 Å². The van der Waals surface area contributed by atoms with Gasteiger partial charge in [-0.25, -0.2) is 13.6 Å². The van der Waals surface area contributed by atoms with Gasteiger partial charge >= 0.3 is 6.03 Å². The van der Waals surface area contributed by atoms with Crippen LogP contribution >= 0.6 is 23.2 Å². The van der Waals surface area contributed by atoms with Gasteiger partial charge in [0.25, 0.3) is 0 Å². The van der Waals surface area contributed by atoms with Crippen molar-refractivity contribution in [3.8, 4) is 0 Å². The molecule has 1 aromatic heterocycles. The molecule has 288 valence electrons. The molecule has 5 N–H and O–H groups in total. The van der Waals surface area contributed by atoms with Gasteiger partial charge in [0.1, 0.15) is 6.04 Å². The number of halogens is 4. The number of fused-ring (bicyclic) bond motifs is 1. The van der Waals surface area contributed by atoms with Gasteiger partial charge in [0.15, 0.2) is 11.6 Å². The SMILES string of the molecule is NCCN(CC(=O)NCc1ccccc1)C(=O)[C@H](Cc1ccc(F)c(F)c1)NC(=O)Nc1ccc2c(CN3CCCC3)nn(Cc3c(Cl)cccc3Cl)c2c1. The zero-order valence-corrected chi connectivity index (χ0v) is 31.6. The maximum Gasteiger partial charge on any atom is 0.319 e. The third-order valence-electron chi connectivity index (χ3n) is 9.43. The van der Waals surface area contributed by atoms with Crippen LogP contribution in [0.25, 0.3) is 10.9 Å². The highest BCUT2D eigenvalue weighted by molar-refractivity contribution is 6.36. The van der Waals surface area contributed by atoms with Gasteiger partial charge in [0.2, 0.25) is 11.8 Å². The summed E-state index contributed by atoms with van der Waals surface area (Å²) in [5.41, 5.74) is 9.67. The van der Waals surface area contributed by atoms with Crippen molar-refractivity contribution in [2.24, 2.45) is 5.73 Å². The molecular weight excluding hydrogens is 749 g/mol. The Labute approximate surface area is 327 Å². The first-order valence-electron chi connectivity index (χ1n) is 18.0. The lowest BCUT2D eigenvalue weighted by molar-refractivity contribution is -0.137. The van der Waals surface area contributed by atoms with E-state index in [4.69, 9.17) is 34.0 Å². The molecule has 0 unspecified atom stereocenters. The third-order valence-corrected chi connectivity index (χ3v) is 10.1. The van der Waals surface area contributed by atoms with Crippen LogP contribution in [0.1, 0.15) is 35.2 Å². The summed E-state index contributed by atoms with van der Waals surface area (Å²) in [7, 11) is 0. The number of hydrogen-bond donors (Lipinski definition) is 4. The molecule has 4 aromatic carbocycles. The van der Waals surface area contributed by atoms with Gasteiger partial charge in [-0.05, 0) is 79.5 Å². The number of nitrogens with two attached hydrogens (primary N) is 1. The summed E-state index contributed by atoms with van der Waals surface area (Å²) >= 11 is 13.1. The normalized spacial score (nSPS) is 13.5. The van der Waals surface area contributed by atoms with Gasteiger partial charge in [0.05, 0.1) is 24.3 Å². The van der Waals surface area contributed by atoms with Crippen LogP contribution in [-0.2, 0) is 35.6 Å². The maximum atomic E-state index is 14.3. The molecule has 2 heterocycles. The first-order chi connectivity index (χ1) is 26.6. The lowest BCUT2D eigenvalue weighted by atomic mass is 10.0. The van der Waals surface area contributed by atoms with E-state index in [-0.39, 0.29) is 44.7 Å².